The molecule has 9 aliphatic rings. The van der Waals surface area contributed by atoms with Gasteiger partial charge in [-0.1, -0.05) is 33.8 Å². The summed E-state index contributed by atoms with van der Waals surface area (Å²) in [5.74, 6) is 0.502. The smallest absolute Gasteiger partial charge is 0.309 e. The van der Waals surface area contributed by atoms with Crippen LogP contribution in [0.25, 0.3) is 0 Å². The molecule has 9 fully saturated rings. The zero-order chi connectivity index (χ0) is 21.0. The van der Waals surface area contributed by atoms with Crippen molar-refractivity contribution >= 4 is 5.97 Å². The van der Waals surface area contributed by atoms with Gasteiger partial charge >= 0.3 is 5.97 Å². The van der Waals surface area contributed by atoms with Crippen LogP contribution in [0.3, 0.4) is 0 Å². The SMILES string of the molecule is C=C1[C@H]2C[C@@H]3[C@H]4N5C[C@]6(C)CCC[C@]47[C@H]([C@H]2O)[C@]3(C[C@@]5(O)[C@H]67)[C@@H]1OC(=O)[C@@H](C)CC. The Morgan fingerprint density at radius 2 is 2.13 bits per heavy atom. The molecule has 1 unspecified atom stereocenters. The zero-order valence-corrected chi connectivity index (χ0v) is 18.4. The Bertz CT molecular complexity index is 888. The normalized spacial score (nSPS) is 64.1. The second-order valence-corrected chi connectivity index (χ2v) is 12.4. The minimum absolute atomic E-state index is 0.0246. The van der Waals surface area contributed by atoms with E-state index in [0.717, 1.165) is 31.4 Å². The molecule has 3 heterocycles. The van der Waals surface area contributed by atoms with Gasteiger partial charge in [-0.2, -0.15) is 0 Å². The first kappa shape index (κ1) is 18.6. The van der Waals surface area contributed by atoms with Gasteiger partial charge in [-0.3, -0.25) is 9.69 Å². The maximum atomic E-state index is 12.9. The Kier molecular flexibility index (Phi) is 3.12. The lowest BCUT2D eigenvalue weighted by molar-refractivity contribution is -0.276. The molecule has 3 aliphatic heterocycles. The minimum atomic E-state index is -0.807. The highest BCUT2D eigenvalue weighted by molar-refractivity contribution is 5.72. The molecule has 13 atom stereocenters. The maximum absolute atomic E-state index is 12.9. The molecule has 0 aromatic heterocycles. The van der Waals surface area contributed by atoms with E-state index < -0.39 is 11.8 Å². The van der Waals surface area contributed by atoms with Crippen molar-refractivity contribution in [3.8, 4) is 0 Å². The van der Waals surface area contributed by atoms with Crippen LogP contribution in [0.15, 0.2) is 12.2 Å². The van der Waals surface area contributed by atoms with Gasteiger partial charge in [-0.15, -0.1) is 0 Å². The highest BCUT2D eigenvalue weighted by Crippen LogP contribution is 2.89. The van der Waals surface area contributed by atoms with Crippen LogP contribution in [0.2, 0.25) is 0 Å². The van der Waals surface area contributed by atoms with Crippen LogP contribution in [0, 0.1) is 45.8 Å². The molecule has 164 valence electrons. The average molecular weight is 414 g/mol. The van der Waals surface area contributed by atoms with E-state index >= 15 is 0 Å². The summed E-state index contributed by atoms with van der Waals surface area (Å²) in [6.45, 7) is 11.7. The number of piperidine rings is 2. The standard InChI is InChI=1S/C25H35NO4/c1-5-12(2)20(28)30-19-13(3)14-9-15-18-23-8-6-7-22(4)11-26(18)25(29,21(22)23)10-24(15,19)17(23)16(14)27/h12,14-19,21,27,29H,3,5-11H2,1-2,4H3/t12-,14+,15+,16-,17-,18+,19+,21+,22-,23-,24+,25+/m0/s1. The number of aliphatic hydroxyl groups excluding tert-OH is 1. The third-order valence-corrected chi connectivity index (χ3v) is 11.6. The predicted molar refractivity (Wildman–Crippen MR) is 110 cm³/mol. The topological polar surface area (TPSA) is 70.0 Å². The average Bonchev–Trinajstić information content (AvgIpc) is 3.06. The Morgan fingerprint density at radius 3 is 2.87 bits per heavy atom. The van der Waals surface area contributed by atoms with Gasteiger partial charge in [0.25, 0.3) is 0 Å². The van der Waals surface area contributed by atoms with Crippen LogP contribution < -0.4 is 0 Å². The van der Waals surface area contributed by atoms with Crippen molar-refractivity contribution in [1.82, 2.24) is 4.90 Å². The number of carbonyl (C=O) groups excluding carboxylic acids is 1. The number of rotatable bonds is 3. The van der Waals surface area contributed by atoms with Crippen LogP contribution in [-0.2, 0) is 9.53 Å². The van der Waals surface area contributed by atoms with Crippen molar-refractivity contribution in [3.05, 3.63) is 12.2 Å². The fraction of sp³-hybridized carbons (Fsp3) is 0.880. The lowest BCUT2D eigenvalue weighted by Gasteiger charge is -2.67. The van der Waals surface area contributed by atoms with Crippen molar-refractivity contribution in [1.29, 1.82) is 0 Å². The summed E-state index contributed by atoms with van der Waals surface area (Å²) >= 11 is 0. The third-order valence-electron chi connectivity index (χ3n) is 11.6. The largest absolute Gasteiger partial charge is 0.457 e. The van der Waals surface area contributed by atoms with Crippen LogP contribution in [-0.4, -0.2) is 51.6 Å². The number of esters is 1. The van der Waals surface area contributed by atoms with Gasteiger partial charge < -0.3 is 14.9 Å². The molecule has 2 N–H and O–H groups in total. The van der Waals surface area contributed by atoms with E-state index in [1.807, 2.05) is 13.8 Å². The lowest BCUT2D eigenvalue weighted by atomic mass is 9.39. The molecule has 0 aromatic carbocycles. The summed E-state index contributed by atoms with van der Waals surface area (Å²) < 4.78 is 6.28. The number of nitrogens with zero attached hydrogens (tertiary/aromatic N) is 1. The van der Waals surface area contributed by atoms with E-state index in [2.05, 4.69) is 18.4 Å². The molecule has 6 saturated carbocycles. The molecule has 2 spiro atoms. The van der Waals surface area contributed by atoms with Crippen LogP contribution in [0.1, 0.15) is 59.3 Å². The molecule has 5 heteroatoms. The van der Waals surface area contributed by atoms with Gasteiger partial charge in [-0.25, -0.2) is 0 Å². The number of hydrogen-bond acceptors (Lipinski definition) is 5. The van der Waals surface area contributed by atoms with Crippen molar-refractivity contribution in [2.75, 3.05) is 6.54 Å². The zero-order valence-electron chi connectivity index (χ0n) is 18.4. The second kappa shape index (κ2) is 5.02. The summed E-state index contributed by atoms with van der Waals surface area (Å²) in [4.78, 5) is 15.4. The van der Waals surface area contributed by atoms with Crippen LogP contribution in [0.5, 0.6) is 0 Å². The van der Waals surface area contributed by atoms with Gasteiger partial charge in [0.15, 0.2) is 0 Å². The molecule has 30 heavy (non-hydrogen) atoms. The molecule has 0 radical (unpaired) electrons. The summed E-state index contributed by atoms with van der Waals surface area (Å²) in [6, 6.07) is 0.331. The number of aliphatic hydroxyl groups is 2. The number of carbonyl (C=O) groups is 1. The van der Waals surface area contributed by atoms with E-state index in [0.29, 0.717) is 18.4 Å². The lowest BCUT2D eigenvalue weighted by Crippen LogP contribution is -2.72. The Balaban J connectivity index is 1.42. The fourth-order valence-electron chi connectivity index (χ4n) is 11.1. The summed E-state index contributed by atoms with van der Waals surface area (Å²) in [7, 11) is 0. The first-order chi connectivity index (χ1) is 14.2. The van der Waals surface area contributed by atoms with Crippen LogP contribution in [0.4, 0.5) is 0 Å². The third kappa shape index (κ3) is 1.52. The number of ether oxygens (including phenoxy) is 1. The monoisotopic (exact) mass is 413 g/mol. The molecule has 0 aromatic rings. The first-order valence-corrected chi connectivity index (χ1v) is 12.2. The molecular formula is C25H35NO4. The molecule has 9 bridgehead atoms. The second-order valence-electron chi connectivity index (χ2n) is 12.4. The summed E-state index contributed by atoms with van der Waals surface area (Å²) in [6.07, 6.45) is 5.03. The summed E-state index contributed by atoms with van der Waals surface area (Å²) in [5, 5.41) is 23.9. The first-order valence-electron chi connectivity index (χ1n) is 12.2. The fourth-order valence-corrected chi connectivity index (χ4v) is 11.1. The molecule has 5 nitrogen and oxygen atoms in total. The van der Waals surface area contributed by atoms with Crippen molar-refractivity contribution < 1.29 is 19.7 Å². The number of hydrogen-bond donors (Lipinski definition) is 2. The molecular weight excluding hydrogens is 378 g/mol. The highest BCUT2D eigenvalue weighted by Gasteiger charge is 2.93. The molecule has 0 amide bonds. The van der Waals surface area contributed by atoms with Gasteiger partial charge in [0.2, 0.25) is 0 Å². The van der Waals surface area contributed by atoms with Crippen molar-refractivity contribution in [2.45, 2.75) is 83.3 Å². The molecule has 3 saturated heterocycles. The molecule has 9 rings (SSSR count). The van der Waals surface area contributed by atoms with E-state index in [1.165, 1.54) is 12.8 Å². The summed E-state index contributed by atoms with van der Waals surface area (Å²) in [5.41, 5.74) is -0.128. The van der Waals surface area contributed by atoms with E-state index in [9.17, 15) is 15.0 Å². The van der Waals surface area contributed by atoms with Crippen molar-refractivity contribution in [3.63, 3.8) is 0 Å². The van der Waals surface area contributed by atoms with Gasteiger partial charge in [0.05, 0.1) is 12.0 Å². The minimum Gasteiger partial charge on any atom is -0.457 e. The Morgan fingerprint density at radius 1 is 1.37 bits per heavy atom. The van der Waals surface area contributed by atoms with E-state index in [-0.39, 0.29) is 52.0 Å². The highest BCUT2D eigenvalue weighted by atomic mass is 16.5. The maximum Gasteiger partial charge on any atom is 0.309 e. The molecule has 6 aliphatic carbocycles. The van der Waals surface area contributed by atoms with E-state index in [4.69, 9.17) is 4.74 Å². The van der Waals surface area contributed by atoms with Crippen LogP contribution >= 0.6 is 0 Å². The van der Waals surface area contributed by atoms with Crippen molar-refractivity contribution in [2.24, 2.45) is 45.8 Å². The van der Waals surface area contributed by atoms with E-state index in [1.54, 1.807) is 0 Å². The van der Waals surface area contributed by atoms with Gasteiger partial charge in [0.1, 0.15) is 11.8 Å². The Hall–Kier alpha value is -0.910. The Labute approximate surface area is 178 Å². The predicted octanol–water partition coefficient (Wildman–Crippen LogP) is 2.71. The van der Waals surface area contributed by atoms with Gasteiger partial charge in [-0.05, 0) is 48.0 Å². The number of fused-ring (bicyclic) bond motifs is 1. The van der Waals surface area contributed by atoms with Gasteiger partial charge in [0, 0.05) is 42.2 Å². The quantitative estimate of drug-likeness (QED) is 0.550.